The molecule has 0 aliphatic rings. The summed E-state index contributed by atoms with van der Waals surface area (Å²) in [5.41, 5.74) is 0.679. The number of fused-ring (bicyclic) bond motifs is 1. The van der Waals surface area contributed by atoms with E-state index in [2.05, 4.69) is 4.98 Å². The lowest BCUT2D eigenvalue weighted by Gasteiger charge is -2.13. The minimum Gasteiger partial charge on any atom is -0.268 e. The number of benzene rings is 2. The highest BCUT2D eigenvalue weighted by Gasteiger charge is 2.15. The predicted molar refractivity (Wildman–Crippen MR) is 97.1 cm³/mol. The van der Waals surface area contributed by atoms with E-state index in [1.807, 2.05) is 18.2 Å². The maximum absolute atomic E-state index is 13.1. The van der Waals surface area contributed by atoms with E-state index < -0.39 is 11.2 Å². The molecule has 0 aliphatic heterocycles. The molecule has 0 fully saturated rings. The van der Waals surface area contributed by atoms with Crippen molar-refractivity contribution >= 4 is 11.0 Å². The summed E-state index contributed by atoms with van der Waals surface area (Å²) in [6.45, 7) is 0.0512. The van der Waals surface area contributed by atoms with Gasteiger partial charge in [-0.1, -0.05) is 30.3 Å². The van der Waals surface area contributed by atoms with Crippen LogP contribution in [-0.2, 0) is 6.54 Å². The normalized spacial score (nSPS) is 11.0. The highest BCUT2D eigenvalue weighted by atomic mass is 19.1. The molecule has 26 heavy (non-hydrogen) atoms. The van der Waals surface area contributed by atoms with Gasteiger partial charge in [0.2, 0.25) is 0 Å². The molecule has 0 saturated carbocycles. The standard InChI is InChI=1S/C20H14FN3O2/c21-15-10-8-14(9-11-15)13-23-19(25)17-7-4-12-22-18(17)24(20(23)26)16-5-2-1-3-6-16/h1-12H,13H2. The van der Waals surface area contributed by atoms with Gasteiger partial charge in [0.05, 0.1) is 17.6 Å². The van der Waals surface area contributed by atoms with E-state index in [1.165, 1.54) is 16.7 Å². The SMILES string of the molecule is O=c1c2cccnc2n(-c2ccccc2)c(=O)n1Cc1ccc(F)cc1. The van der Waals surface area contributed by atoms with Gasteiger partial charge in [-0.3, -0.25) is 9.36 Å². The van der Waals surface area contributed by atoms with E-state index >= 15 is 0 Å². The fourth-order valence-corrected chi connectivity index (χ4v) is 2.91. The molecule has 0 amide bonds. The van der Waals surface area contributed by atoms with Gasteiger partial charge in [-0.2, -0.15) is 0 Å². The highest BCUT2D eigenvalue weighted by Crippen LogP contribution is 2.12. The summed E-state index contributed by atoms with van der Waals surface area (Å²) < 4.78 is 15.7. The number of halogens is 1. The summed E-state index contributed by atoms with van der Waals surface area (Å²) in [5, 5.41) is 0.345. The van der Waals surface area contributed by atoms with Crippen molar-refractivity contribution in [2.24, 2.45) is 0 Å². The van der Waals surface area contributed by atoms with Gasteiger partial charge in [0.15, 0.2) is 5.65 Å². The Labute approximate surface area is 147 Å². The summed E-state index contributed by atoms with van der Waals surface area (Å²) in [6.07, 6.45) is 1.55. The van der Waals surface area contributed by atoms with Crippen molar-refractivity contribution in [2.75, 3.05) is 0 Å². The zero-order valence-corrected chi connectivity index (χ0v) is 13.7. The number of hydrogen-bond donors (Lipinski definition) is 0. The Kier molecular flexibility index (Phi) is 3.93. The van der Waals surface area contributed by atoms with Gasteiger partial charge in [0.1, 0.15) is 5.82 Å². The molecule has 0 N–H and O–H groups in total. The molecule has 0 atom stereocenters. The maximum Gasteiger partial charge on any atom is 0.337 e. The van der Waals surface area contributed by atoms with E-state index in [-0.39, 0.29) is 12.4 Å². The Hall–Kier alpha value is -3.54. The van der Waals surface area contributed by atoms with Crippen molar-refractivity contribution in [2.45, 2.75) is 6.54 Å². The molecule has 0 aliphatic carbocycles. The number of pyridine rings is 1. The number of hydrogen-bond acceptors (Lipinski definition) is 3. The van der Waals surface area contributed by atoms with Crippen molar-refractivity contribution in [1.29, 1.82) is 0 Å². The Balaban J connectivity index is 2.01. The van der Waals surface area contributed by atoms with Gasteiger partial charge in [0, 0.05) is 6.20 Å². The van der Waals surface area contributed by atoms with Crippen LogP contribution in [0.2, 0.25) is 0 Å². The van der Waals surface area contributed by atoms with Crippen LogP contribution in [0.5, 0.6) is 0 Å². The number of para-hydroxylation sites is 1. The minimum absolute atomic E-state index is 0.0512. The first-order chi connectivity index (χ1) is 12.6. The summed E-state index contributed by atoms with van der Waals surface area (Å²) in [4.78, 5) is 30.2. The molecule has 0 saturated heterocycles. The fraction of sp³-hybridized carbons (Fsp3) is 0.0500. The van der Waals surface area contributed by atoms with Gasteiger partial charge >= 0.3 is 5.69 Å². The Morgan fingerprint density at radius 3 is 2.35 bits per heavy atom. The van der Waals surface area contributed by atoms with Crippen LogP contribution in [0, 0.1) is 5.82 Å². The number of nitrogens with zero attached hydrogens (tertiary/aromatic N) is 3. The zero-order chi connectivity index (χ0) is 18.1. The zero-order valence-electron chi connectivity index (χ0n) is 13.7. The van der Waals surface area contributed by atoms with Crippen molar-refractivity contribution in [3.8, 4) is 5.69 Å². The van der Waals surface area contributed by atoms with Crippen molar-refractivity contribution in [3.05, 3.63) is 105 Å². The van der Waals surface area contributed by atoms with Crippen LogP contribution in [0.4, 0.5) is 4.39 Å². The van der Waals surface area contributed by atoms with Crippen molar-refractivity contribution < 1.29 is 4.39 Å². The monoisotopic (exact) mass is 347 g/mol. The van der Waals surface area contributed by atoms with Gasteiger partial charge < -0.3 is 0 Å². The lowest BCUT2D eigenvalue weighted by molar-refractivity contribution is 0.624. The van der Waals surface area contributed by atoms with Gasteiger partial charge in [-0.15, -0.1) is 0 Å². The summed E-state index contributed by atoms with van der Waals surface area (Å²) >= 11 is 0. The molecule has 5 nitrogen and oxygen atoms in total. The average Bonchev–Trinajstić information content (AvgIpc) is 2.68. The third-order valence-corrected chi connectivity index (χ3v) is 4.16. The molecule has 2 heterocycles. The first-order valence-corrected chi connectivity index (χ1v) is 8.05. The van der Waals surface area contributed by atoms with Crippen LogP contribution < -0.4 is 11.2 Å². The molecular weight excluding hydrogens is 333 g/mol. The maximum atomic E-state index is 13.1. The molecule has 0 unspecified atom stereocenters. The molecular formula is C20H14FN3O2. The lowest BCUT2D eigenvalue weighted by Crippen LogP contribution is -2.40. The summed E-state index contributed by atoms with van der Waals surface area (Å²) in [5.74, 6) is -0.370. The number of rotatable bonds is 3. The van der Waals surface area contributed by atoms with Crippen LogP contribution >= 0.6 is 0 Å². The first kappa shape index (κ1) is 16.0. The highest BCUT2D eigenvalue weighted by molar-refractivity contribution is 5.75. The van der Waals surface area contributed by atoms with E-state index in [0.29, 0.717) is 22.3 Å². The van der Waals surface area contributed by atoms with Crippen LogP contribution in [0.3, 0.4) is 0 Å². The summed E-state index contributed by atoms with van der Waals surface area (Å²) in [7, 11) is 0. The van der Waals surface area contributed by atoms with Crippen LogP contribution in [0.25, 0.3) is 16.7 Å². The largest absolute Gasteiger partial charge is 0.337 e. The smallest absolute Gasteiger partial charge is 0.268 e. The predicted octanol–water partition coefficient (Wildman–Crippen LogP) is 2.73. The fourth-order valence-electron chi connectivity index (χ4n) is 2.91. The first-order valence-electron chi connectivity index (χ1n) is 8.05. The van der Waals surface area contributed by atoms with Crippen molar-refractivity contribution in [1.82, 2.24) is 14.1 Å². The van der Waals surface area contributed by atoms with Crippen LogP contribution in [0.15, 0.2) is 82.5 Å². The van der Waals surface area contributed by atoms with E-state index in [4.69, 9.17) is 0 Å². The van der Waals surface area contributed by atoms with E-state index in [9.17, 15) is 14.0 Å². The topological polar surface area (TPSA) is 56.9 Å². The molecule has 0 spiro atoms. The molecule has 128 valence electrons. The third kappa shape index (κ3) is 2.71. The average molecular weight is 347 g/mol. The second-order valence-corrected chi connectivity index (χ2v) is 5.85. The van der Waals surface area contributed by atoms with Crippen LogP contribution in [-0.4, -0.2) is 14.1 Å². The quantitative estimate of drug-likeness (QED) is 0.573. The van der Waals surface area contributed by atoms with Crippen molar-refractivity contribution in [3.63, 3.8) is 0 Å². The van der Waals surface area contributed by atoms with E-state index in [1.54, 1.807) is 42.6 Å². The van der Waals surface area contributed by atoms with Gasteiger partial charge in [-0.25, -0.2) is 18.7 Å². The minimum atomic E-state index is -0.489. The molecule has 4 rings (SSSR count). The van der Waals surface area contributed by atoms with E-state index in [0.717, 1.165) is 4.57 Å². The molecule has 2 aromatic heterocycles. The number of aromatic nitrogens is 3. The Morgan fingerprint density at radius 1 is 0.885 bits per heavy atom. The Morgan fingerprint density at radius 2 is 1.62 bits per heavy atom. The molecule has 2 aromatic carbocycles. The molecule has 4 aromatic rings. The Bertz CT molecular complexity index is 1200. The second kappa shape index (κ2) is 6.40. The van der Waals surface area contributed by atoms with Crippen LogP contribution in [0.1, 0.15) is 5.56 Å². The summed E-state index contributed by atoms with van der Waals surface area (Å²) in [6, 6.07) is 18.1. The second-order valence-electron chi connectivity index (χ2n) is 5.85. The molecule has 0 radical (unpaired) electrons. The lowest BCUT2D eigenvalue weighted by atomic mass is 10.2. The molecule has 6 heteroatoms. The van der Waals surface area contributed by atoms with Gasteiger partial charge in [-0.05, 0) is 42.0 Å². The van der Waals surface area contributed by atoms with Gasteiger partial charge in [0.25, 0.3) is 5.56 Å². The molecule has 0 bridgehead atoms. The third-order valence-electron chi connectivity index (χ3n) is 4.16.